The smallest absolute Gasteiger partial charge is 0.261 e. The molecule has 0 atom stereocenters. The molecule has 1 N–H and O–H groups in total. The highest BCUT2D eigenvalue weighted by atomic mass is 35.5. The molecule has 3 rings (SSSR count). The SMILES string of the molecule is CN(C(=O)c1cc2ncccc2cc1O)c1ccc(Cl)cc1. The molecule has 22 heavy (non-hydrogen) atoms. The first-order chi connectivity index (χ1) is 10.6. The van der Waals surface area contributed by atoms with Crippen LogP contribution in [0.15, 0.2) is 54.7 Å². The van der Waals surface area contributed by atoms with Crippen molar-refractivity contribution in [2.45, 2.75) is 0 Å². The summed E-state index contributed by atoms with van der Waals surface area (Å²) in [6.45, 7) is 0. The van der Waals surface area contributed by atoms with Gasteiger partial charge in [0, 0.05) is 29.3 Å². The molecule has 0 aliphatic heterocycles. The van der Waals surface area contributed by atoms with E-state index in [2.05, 4.69) is 4.98 Å². The third-order valence-corrected chi connectivity index (χ3v) is 3.72. The van der Waals surface area contributed by atoms with Crippen LogP contribution in [0.4, 0.5) is 5.69 Å². The van der Waals surface area contributed by atoms with Gasteiger partial charge in [0.05, 0.1) is 11.1 Å². The quantitative estimate of drug-likeness (QED) is 0.781. The highest BCUT2D eigenvalue weighted by Gasteiger charge is 2.18. The minimum atomic E-state index is -0.313. The molecule has 0 bridgehead atoms. The van der Waals surface area contributed by atoms with Gasteiger partial charge in [0.15, 0.2) is 0 Å². The molecule has 1 amide bonds. The summed E-state index contributed by atoms with van der Waals surface area (Å²) in [5, 5.41) is 11.5. The lowest BCUT2D eigenvalue weighted by molar-refractivity contribution is 0.0990. The zero-order valence-corrected chi connectivity index (χ0v) is 12.6. The second-order valence-electron chi connectivity index (χ2n) is 4.91. The lowest BCUT2D eigenvalue weighted by atomic mass is 10.1. The number of hydrogen-bond donors (Lipinski definition) is 1. The fraction of sp³-hybridized carbons (Fsp3) is 0.0588. The number of carbonyl (C=O) groups is 1. The fourth-order valence-corrected chi connectivity index (χ4v) is 2.37. The normalized spacial score (nSPS) is 10.6. The molecule has 0 spiro atoms. The van der Waals surface area contributed by atoms with Crippen LogP contribution in [0, 0.1) is 0 Å². The molecule has 5 heteroatoms. The van der Waals surface area contributed by atoms with Crippen LogP contribution in [-0.4, -0.2) is 23.0 Å². The number of aromatic nitrogens is 1. The minimum Gasteiger partial charge on any atom is -0.507 e. The molecule has 110 valence electrons. The molecule has 0 saturated heterocycles. The first-order valence-electron chi connectivity index (χ1n) is 6.67. The van der Waals surface area contributed by atoms with Gasteiger partial charge in [-0.25, -0.2) is 0 Å². The number of hydrogen-bond acceptors (Lipinski definition) is 3. The standard InChI is InChI=1S/C17H13ClN2O2/c1-20(13-6-4-12(18)5-7-13)17(22)14-10-15-11(9-16(14)21)3-2-8-19-15/h2-10,21H,1H3. The monoisotopic (exact) mass is 312 g/mol. The maximum Gasteiger partial charge on any atom is 0.261 e. The Morgan fingerprint density at radius 1 is 1.18 bits per heavy atom. The first kappa shape index (κ1) is 14.4. The molecular formula is C17H13ClN2O2. The van der Waals surface area contributed by atoms with Gasteiger partial charge < -0.3 is 10.0 Å². The van der Waals surface area contributed by atoms with Crippen molar-refractivity contribution in [3.8, 4) is 5.75 Å². The topological polar surface area (TPSA) is 53.4 Å². The van der Waals surface area contributed by atoms with Crippen LogP contribution in [0.5, 0.6) is 5.75 Å². The van der Waals surface area contributed by atoms with Crippen molar-refractivity contribution >= 4 is 34.1 Å². The Balaban J connectivity index is 2.00. The van der Waals surface area contributed by atoms with Gasteiger partial charge in [-0.15, -0.1) is 0 Å². The summed E-state index contributed by atoms with van der Waals surface area (Å²) in [5.41, 5.74) is 1.56. The number of benzene rings is 2. The van der Waals surface area contributed by atoms with E-state index in [1.165, 1.54) is 4.90 Å². The molecule has 1 aromatic heterocycles. The van der Waals surface area contributed by atoms with E-state index in [-0.39, 0.29) is 17.2 Å². The molecule has 0 fully saturated rings. The molecule has 4 nitrogen and oxygen atoms in total. The predicted molar refractivity (Wildman–Crippen MR) is 87.6 cm³/mol. The number of fused-ring (bicyclic) bond motifs is 1. The van der Waals surface area contributed by atoms with Crippen molar-refractivity contribution in [3.05, 3.63) is 65.3 Å². The molecule has 3 aromatic rings. The summed E-state index contributed by atoms with van der Waals surface area (Å²) >= 11 is 5.85. The number of rotatable bonds is 2. The van der Waals surface area contributed by atoms with Crippen LogP contribution in [0.2, 0.25) is 5.02 Å². The average molecular weight is 313 g/mol. The molecule has 0 radical (unpaired) electrons. The van der Waals surface area contributed by atoms with Crippen LogP contribution in [0.25, 0.3) is 10.9 Å². The number of aromatic hydroxyl groups is 1. The highest BCUT2D eigenvalue weighted by Crippen LogP contribution is 2.26. The van der Waals surface area contributed by atoms with Gasteiger partial charge >= 0.3 is 0 Å². The van der Waals surface area contributed by atoms with Gasteiger partial charge in [0.1, 0.15) is 5.75 Å². The van der Waals surface area contributed by atoms with Crippen molar-refractivity contribution in [1.29, 1.82) is 0 Å². The van der Waals surface area contributed by atoms with E-state index in [0.717, 1.165) is 5.39 Å². The Labute approximate surface area is 132 Å². The van der Waals surface area contributed by atoms with E-state index >= 15 is 0 Å². The Kier molecular flexibility index (Phi) is 3.69. The van der Waals surface area contributed by atoms with Gasteiger partial charge in [-0.1, -0.05) is 17.7 Å². The van der Waals surface area contributed by atoms with Crippen LogP contribution < -0.4 is 4.90 Å². The number of halogens is 1. The summed E-state index contributed by atoms with van der Waals surface area (Å²) < 4.78 is 0. The zero-order valence-electron chi connectivity index (χ0n) is 11.8. The Hall–Kier alpha value is -2.59. The van der Waals surface area contributed by atoms with Crippen LogP contribution in [0.1, 0.15) is 10.4 Å². The van der Waals surface area contributed by atoms with Gasteiger partial charge in [-0.3, -0.25) is 9.78 Å². The van der Waals surface area contributed by atoms with E-state index in [1.54, 1.807) is 55.7 Å². The van der Waals surface area contributed by atoms with E-state index in [4.69, 9.17) is 11.6 Å². The van der Waals surface area contributed by atoms with Crippen molar-refractivity contribution in [3.63, 3.8) is 0 Å². The number of anilines is 1. The van der Waals surface area contributed by atoms with E-state index in [1.807, 2.05) is 6.07 Å². The molecule has 0 aliphatic carbocycles. The molecule has 0 aliphatic rings. The minimum absolute atomic E-state index is 0.0636. The molecule has 0 saturated carbocycles. The zero-order chi connectivity index (χ0) is 15.7. The van der Waals surface area contributed by atoms with Crippen molar-refractivity contribution in [2.75, 3.05) is 11.9 Å². The van der Waals surface area contributed by atoms with Gasteiger partial charge in [-0.2, -0.15) is 0 Å². The predicted octanol–water partition coefficient (Wildman–Crippen LogP) is 3.87. The maximum absolute atomic E-state index is 12.6. The van der Waals surface area contributed by atoms with Crippen molar-refractivity contribution in [2.24, 2.45) is 0 Å². The number of pyridine rings is 1. The molecule has 1 heterocycles. The average Bonchev–Trinajstić information content (AvgIpc) is 2.53. The third kappa shape index (κ3) is 2.61. The van der Waals surface area contributed by atoms with Crippen molar-refractivity contribution < 1.29 is 9.90 Å². The summed E-state index contributed by atoms with van der Waals surface area (Å²) in [6.07, 6.45) is 1.65. The maximum atomic E-state index is 12.6. The fourth-order valence-electron chi connectivity index (χ4n) is 2.24. The molecule has 0 unspecified atom stereocenters. The number of phenols is 1. The second-order valence-corrected chi connectivity index (χ2v) is 5.34. The lowest BCUT2D eigenvalue weighted by Gasteiger charge is -2.18. The number of carbonyl (C=O) groups excluding carboxylic acids is 1. The van der Waals surface area contributed by atoms with Crippen molar-refractivity contribution in [1.82, 2.24) is 4.98 Å². The number of amides is 1. The van der Waals surface area contributed by atoms with E-state index < -0.39 is 0 Å². The second kappa shape index (κ2) is 5.66. The number of phenolic OH excluding ortho intramolecular Hbond substituents is 1. The van der Waals surface area contributed by atoms with Gasteiger partial charge in [0.25, 0.3) is 5.91 Å². The Morgan fingerprint density at radius 2 is 1.91 bits per heavy atom. The highest BCUT2D eigenvalue weighted by molar-refractivity contribution is 6.30. The van der Waals surface area contributed by atoms with Gasteiger partial charge in [0.2, 0.25) is 0 Å². The Bertz CT molecular complexity index is 847. The largest absolute Gasteiger partial charge is 0.507 e. The summed E-state index contributed by atoms with van der Waals surface area (Å²) in [5.74, 6) is -0.376. The van der Waals surface area contributed by atoms with Crippen LogP contribution in [0.3, 0.4) is 0 Å². The lowest BCUT2D eigenvalue weighted by Crippen LogP contribution is -2.26. The third-order valence-electron chi connectivity index (χ3n) is 3.47. The van der Waals surface area contributed by atoms with Crippen LogP contribution in [-0.2, 0) is 0 Å². The summed E-state index contributed by atoms with van der Waals surface area (Å²) in [4.78, 5) is 18.3. The molecule has 2 aromatic carbocycles. The summed E-state index contributed by atoms with van der Waals surface area (Å²) in [6, 6.07) is 13.7. The molecular weight excluding hydrogens is 300 g/mol. The first-order valence-corrected chi connectivity index (χ1v) is 7.05. The number of nitrogens with zero attached hydrogens (tertiary/aromatic N) is 2. The van der Waals surface area contributed by atoms with Crippen LogP contribution >= 0.6 is 11.6 Å². The van der Waals surface area contributed by atoms with E-state index in [9.17, 15) is 9.90 Å². The van der Waals surface area contributed by atoms with Gasteiger partial charge in [-0.05, 0) is 42.5 Å². The Morgan fingerprint density at radius 3 is 2.64 bits per heavy atom. The summed E-state index contributed by atoms with van der Waals surface area (Å²) in [7, 11) is 1.65. The van der Waals surface area contributed by atoms with E-state index in [0.29, 0.717) is 16.2 Å².